The molecule has 1 unspecified atom stereocenters. The zero-order chi connectivity index (χ0) is 22.6. The minimum atomic E-state index is -0.859. The number of ether oxygens (including phenoxy) is 4. The monoisotopic (exact) mass is 433 g/mol. The summed E-state index contributed by atoms with van der Waals surface area (Å²) in [5, 5.41) is 0. The molecule has 0 bridgehead atoms. The van der Waals surface area contributed by atoms with Crippen LogP contribution in [0.4, 0.5) is 0 Å². The first-order valence-corrected chi connectivity index (χ1v) is 10.7. The molecule has 3 aliphatic rings. The Labute approximate surface area is 187 Å². The first-order valence-electron chi connectivity index (χ1n) is 10.7. The largest absolute Gasteiger partial charge is 0.491 e. The zero-order valence-corrected chi connectivity index (χ0v) is 18.8. The normalized spacial score (nSPS) is 22.3. The molecule has 2 aromatic rings. The number of aromatic nitrogens is 1. The van der Waals surface area contributed by atoms with Crippen molar-refractivity contribution in [2.45, 2.75) is 33.2 Å². The highest BCUT2D eigenvalue weighted by atomic mass is 16.5. The quantitative estimate of drug-likeness (QED) is 0.729. The van der Waals surface area contributed by atoms with E-state index < -0.39 is 5.54 Å². The van der Waals surface area contributed by atoms with Crippen LogP contribution in [0.1, 0.15) is 44.4 Å². The second-order valence-electron chi connectivity index (χ2n) is 10.1. The third kappa shape index (κ3) is 3.65. The lowest BCUT2D eigenvalue weighted by Gasteiger charge is -2.33. The van der Waals surface area contributed by atoms with Crippen molar-refractivity contribution in [2.75, 3.05) is 26.4 Å². The molecule has 1 aromatic heterocycles. The van der Waals surface area contributed by atoms with Gasteiger partial charge < -0.3 is 24.7 Å². The Kier molecular flexibility index (Phi) is 4.61. The second-order valence-corrected chi connectivity index (χ2v) is 10.1. The highest BCUT2D eigenvalue weighted by molar-refractivity contribution is 5.76. The predicted molar refractivity (Wildman–Crippen MR) is 120 cm³/mol. The number of rotatable bonds is 2. The topological polar surface area (TPSA) is 88.2 Å². The van der Waals surface area contributed by atoms with Gasteiger partial charge in [0.15, 0.2) is 5.54 Å². The van der Waals surface area contributed by atoms with E-state index in [4.69, 9.17) is 29.7 Å². The van der Waals surface area contributed by atoms with Crippen LogP contribution >= 0.6 is 0 Å². The molecule has 32 heavy (non-hydrogen) atoms. The van der Waals surface area contributed by atoms with Crippen molar-refractivity contribution < 1.29 is 18.9 Å². The highest BCUT2D eigenvalue weighted by Gasteiger charge is 2.48. The third-order valence-electron chi connectivity index (χ3n) is 5.66. The van der Waals surface area contributed by atoms with E-state index in [-0.39, 0.29) is 23.5 Å². The number of nitrogens with zero attached hydrogens (tertiary/aromatic N) is 2. The van der Waals surface area contributed by atoms with Crippen LogP contribution in [0.25, 0.3) is 0 Å². The van der Waals surface area contributed by atoms with Crippen LogP contribution in [0.2, 0.25) is 0 Å². The Morgan fingerprint density at radius 2 is 1.97 bits per heavy atom. The third-order valence-corrected chi connectivity index (χ3v) is 5.66. The predicted octanol–water partition coefficient (Wildman–Crippen LogP) is 3.59. The number of hydrogen-bond acceptors (Lipinski definition) is 7. The average molecular weight is 434 g/mol. The standard InChI is InChI=1S/C25H27N3O4/c1-23(2,3)12-30-17-10-19-21(27-11-17)32-20-6-5-16(7-8-24(4)13-29-14-24)9-18(20)25(19)15-31-22(26)28-25/h5-6,9-11H,12-15H2,1-4H3,(H2,26,28). The fourth-order valence-electron chi connectivity index (χ4n) is 3.87. The summed E-state index contributed by atoms with van der Waals surface area (Å²) in [6.45, 7) is 10.6. The van der Waals surface area contributed by atoms with E-state index >= 15 is 0 Å². The first kappa shape index (κ1) is 20.7. The summed E-state index contributed by atoms with van der Waals surface area (Å²) < 4.78 is 23.1. The lowest BCUT2D eigenvalue weighted by atomic mass is 9.81. The van der Waals surface area contributed by atoms with Crippen LogP contribution in [-0.4, -0.2) is 37.4 Å². The van der Waals surface area contributed by atoms with E-state index in [0.717, 1.165) is 16.7 Å². The average Bonchev–Trinajstić information content (AvgIpc) is 3.12. The van der Waals surface area contributed by atoms with Gasteiger partial charge in [-0.2, -0.15) is 0 Å². The van der Waals surface area contributed by atoms with Gasteiger partial charge in [0.05, 0.1) is 37.0 Å². The van der Waals surface area contributed by atoms with Gasteiger partial charge >= 0.3 is 0 Å². The van der Waals surface area contributed by atoms with Gasteiger partial charge in [0, 0.05) is 11.1 Å². The summed E-state index contributed by atoms with van der Waals surface area (Å²) >= 11 is 0. The summed E-state index contributed by atoms with van der Waals surface area (Å²) in [7, 11) is 0. The molecule has 1 atom stereocenters. The molecular weight excluding hydrogens is 406 g/mol. The molecule has 2 N–H and O–H groups in total. The minimum Gasteiger partial charge on any atom is -0.491 e. The van der Waals surface area contributed by atoms with E-state index in [1.807, 2.05) is 24.3 Å². The molecule has 0 aliphatic carbocycles. The number of aliphatic imine (C=N–C) groups is 1. The molecule has 1 aromatic carbocycles. The lowest BCUT2D eigenvalue weighted by molar-refractivity contribution is -0.0648. The molecule has 1 spiro atoms. The van der Waals surface area contributed by atoms with Crippen LogP contribution in [0.5, 0.6) is 17.4 Å². The van der Waals surface area contributed by atoms with Gasteiger partial charge in [-0.1, -0.05) is 32.6 Å². The summed E-state index contributed by atoms with van der Waals surface area (Å²) in [6.07, 6.45) is 1.67. The second kappa shape index (κ2) is 7.14. The molecule has 1 saturated heterocycles. The van der Waals surface area contributed by atoms with E-state index in [1.165, 1.54) is 0 Å². The summed E-state index contributed by atoms with van der Waals surface area (Å²) in [5.74, 6) is 8.40. The van der Waals surface area contributed by atoms with Gasteiger partial charge in [-0.05, 0) is 36.6 Å². The van der Waals surface area contributed by atoms with Crippen LogP contribution in [0, 0.1) is 22.7 Å². The van der Waals surface area contributed by atoms with Gasteiger partial charge in [-0.3, -0.25) is 0 Å². The van der Waals surface area contributed by atoms with Crippen molar-refractivity contribution in [3.8, 4) is 29.2 Å². The van der Waals surface area contributed by atoms with Crippen molar-refractivity contribution in [3.05, 3.63) is 47.2 Å². The van der Waals surface area contributed by atoms with Gasteiger partial charge in [0.2, 0.25) is 5.88 Å². The van der Waals surface area contributed by atoms with Gasteiger partial charge in [0.25, 0.3) is 6.02 Å². The molecule has 5 rings (SSSR count). The number of fused-ring (bicyclic) bond motifs is 4. The number of nitrogens with two attached hydrogens (primary N) is 1. The molecule has 0 saturated carbocycles. The fraction of sp³-hybridized carbons (Fsp3) is 0.440. The molecule has 7 nitrogen and oxygen atoms in total. The number of pyridine rings is 1. The summed E-state index contributed by atoms with van der Waals surface area (Å²) in [5.41, 5.74) is 7.53. The number of hydrogen-bond donors (Lipinski definition) is 1. The molecule has 1 fully saturated rings. The van der Waals surface area contributed by atoms with E-state index in [1.54, 1.807) is 6.20 Å². The van der Waals surface area contributed by atoms with Gasteiger partial charge in [-0.15, -0.1) is 0 Å². The Balaban J connectivity index is 1.57. The number of amidine groups is 1. The van der Waals surface area contributed by atoms with Crippen LogP contribution in [-0.2, 0) is 15.0 Å². The van der Waals surface area contributed by atoms with Crippen molar-refractivity contribution in [2.24, 2.45) is 21.6 Å². The van der Waals surface area contributed by atoms with E-state index in [0.29, 0.717) is 37.2 Å². The SMILES string of the molecule is CC(C)(C)COc1cnc2c(c1)C1(COC(N)=N1)c1cc(C#CC3(C)COC3)ccc1O2. The number of benzene rings is 1. The fourth-order valence-corrected chi connectivity index (χ4v) is 3.87. The van der Waals surface area contributed by atoms with E-state index in [2.05, 4.69) is 44.5 Å². The maximum atomic E-state index is 6.13. The van der Waals surface area contributed by atoms with Crippen LogP contribution in [0.15, 0.2) is 35.5 Å². The first-order chi connectivity index (χ1) is 15.2. The smallest absolute Gasteiger partial charge is 0.283 e. The highest BCUT2D eigenvalue weighted by Crippen LogP contribution is 2.51. The molecule has 3 aliphatic heterocycles. The molecular formula is C25H27N3O4. The van der Waals surface area contributed by atoms with Crippen molar-refractivity contribution in [1.82, 2.24) is 4.98 Å². The molecule has 7 heteroatoms. The zero-order valence-electron chi connectivity index (χ0n) is 18.8. The van der Waals surface area contributed by atoms with Gasteiger partial charge in [-0.25, -0.2) is 9.98 Å². The lowest BCUT2D eigenvalue weighted by Crippen LogP contribution is -2.38. The molecule has 4 heterocycles. The molecule has 0 radical (unpaired) electrons. The summed E-state index contributed by atoms with van der Waals surface area (Å²) in [4.78, 5) is 9.24. The van der Waals surface area contributed by atoms with Gasteiger partial charge in [0.1, 0.15) is 18.1 Å². The van der Waals surface area contributed by atoms with Crippen LogP contribution in [0.3, 0.4) is 0 Å². The van der Waals surface area contributed by atoms with Crippen LogP contribution < -0.4 is 15.2 Å². The molecule has 0 amide bonds. The maximum Gasteiger partial charge on any atom is 0.283 e. The Bertz CT molecular complexity index is 1170. The summed E-state index contributed by atoms with van der Waals surface area (Å²) in [6, 6.07) is 7.91. The Morgan fingerprint density at radius 1 is 1.16 bits per heavy atom. The van der Waals surface area contributed by atoms with E-state index in [9.17, 15) is 0 Å². The minimum absolute atomic E-state index is 0.0193. The van der Waals surface area contributed by atoms with Crippen molar-refractivity contribution >= 4 is 6.02 Å². The van der Waals surface area contributed by atoms with Crippen molar-refractivity contribution in [3.63, 3.8) is 0 Å². The Hall–Kier alpha value is -3.24. The molecule has 166 valence electrons. The Morgan fingerprint density at radius 3 is 2.62 bits per heavy atom. The maximum absolute atomic E-state index is 6.13. The van der Waals surface area contributed by atoms with Crippen molar-refractivity contribution in [1.29, 1.82) is 0 Å².